The molecule has 0 bridgehead atoms. The van der Waals surface area contributed by atoms with Crippen molar-refractivity contribution in [2.24, 2.45) is 4.99 Å². The number of guanidine groups is 1. The number of ether oxygens (including phenoxy) is 3. The number of nitrogens with one attached hydrogen (secondary N) is 2. The third kappa shape index (κ3) is 6.47. The normalized spacial score (nSPS) is 16.5. The van der Waals surface area contributed by atoms with Gasteiger partial charge < -0.3 is 24.8 Å². The topological polar surface area (TPSA) is 64.1 Å². The zero-order chi connectivity index (χ0) is 21.2. The number of aliphatic imine (C=N–C) groups is 1. The molecule has 1 atom stereocenters. The molecule has 1 aliphatic heterocycles. The largest absolute Gasteiger partial charge is 0.488 e. The molecule has 1 saturated heterocycles. The van der Waals surface area contributed by atoms with Crippen molar-refractivity contribution in [1.82, 2.24) is 10.6 Å². The Balaban J connectivity index is 1.69. The van der Waals surface area contributed by atoms with Crippen LogP contribution in [0.3, 0.4) is 0 Å². The molecular formula is C24H33N3O3. The Morgan fingerprint density at radius 1 is 1.13 bits per heavy atom. The molecule has 1 heterocycles. The van der Waals surface area contributed by atoms with Crippen molar-refractivity contribution < 1.29 is 14.2 Å². The number of nitrogens with zero attached hydrogens (tertiary/aromatic N) is 1. The molecule has 2 aromatic rings. The predicted octanol–water partition coefficient (Wildman–Crippen LogP) is 3.56. The van der Waals surface area contributed by atoms with Gasteiger partial charge in [-0.15, -0.1) is 0 Å². The first-order valence-corrected chi connectivity index (χ1v) is 10.6. The Morgan fingerprint density at radius 2 is 1.97 bits per heavy atom. The Morgan fingerprint density at radius 3 is 2.70 bits per heavy atom. The van der Waals surface area contributed by atoms with E-state index < -0.39 is 0 Å². The van der Waals surface area contributed by atoms with E-state index in [2.05, 4.69) is 54.8 Å². The zero-order valence-corrected chi connectivity index (χ0v) is 18.2. The highest BCUT2D eigenvalue weighted by atomic mass is 16.5. The summed E-state index contributed by atoms with van der Waals surface area (Å²) in [7, 11) is 1.72. The van der Waals surface area contributed by atoms with Crippen LogP contribution in [0.25, 0.3) is 0 Å². The van der Waals surface area contributed by atoms with Crippen LogP contribution in [-0.2, 0) is 29.2 Å². The molecule has 0 spiro atoms. The summed E-state index contributed by atoms with van der Waals surface area (Å²) in [6, 6.07) is 14.6. The maximum absolute atomic E-state index is 6.20. The Kier molecular flexibility index (Phi) is 8.53. The van der Waals surface area contributed by atoms with Gasteiger partial charge in [0.2, 0.25) is 0 Å². The molecule has 2 N–H and O–H groups in total. The fourth-order valence-corrected chi connectivity index (χ4v) is 3.40. The van der Waals surface area contributed by atoms with Crippen molar-refractivity contribution in [3.8, 4) is 5.75 Å². The number of benzene rings is 2. The third-order valence-electron chi connectivity index (χ3n) is 5.02. The van der Waals surface area contributed by atoms with E-state index in [-0.39, 0.29) is 6.10 Å². The zero-order valence-electron chi connectivity index (χ0n) is 18.2. The highest BCUT2D eigenvalue weighted by molar-refractivity contribution is 5.79. The molecule has 6 nitrogen and oxygen atoms in total. The summed E-state index contributed by atoms with van der Waals surface area (Å²) in [6.45, 7) is 8.18. The Bertz CT molecular complexity index is 832. The number of aryl methyl sites for hydroxylation is 1. The molecule has 1 unspecified atom stereocenters. The fourth-order valence-electron chi connectivity index (χ4n) is 3.40. The summed E-state index contributed by atoms with van der Waals surface area (Å²) in [6.07, 6.45) is 1.06. The van der Waals surface area contributed by atoms with Gasteiger partial charge in [0.15, 0.2) is 5.96 Å². The standard InChI is InChI=1S/C24H33N3O3/c1-4-25-24(26-14-19-7-5-6-8-21(19)16-28-3)27-15-20-10-9-18(2)13-23(20)30-22-11-12-29-17-22/h5-10,13,22H,4,11-12,14-17H2,1-3H3,(H2,25,26,27). The van der Waals surface area contributed by atoms with Crippen molar-refractivity contribution in [2.45, 2.75) is 46.1 Å². The smallest absolute Gasteiger partial charge is 0.191 e. The van der Waals surface area contributed by atoms with Crippen molar-refractivity contribution >= 4 is 5.96 Å². The van der Waals surface area contributed by atoms with Gasteiger partial charge in [-0.05, 0) is 36.6 Å². The van der Waals surface area contributed by atoms with Gasteiger partial charge in [-0.1, -0.05) is 36.4 Å². The van der Waals surface area contributed by atoms with Crippen LogP contribution in [0.2, 0.25) is 0 Å². The van der Waals surface area contributed by atoms with Crippen LogP contribution < -0.4 is 15.4 Å². The van der Waals surface area contributed by atoms with Crippen molar-refractivity contribution in [3.05, 3.63) is 64.7 Å². The van der Waals surface area contributed by atoms with Gasteiger partial charge in [-0.3, -0.25) is 0 Å². The second kappa shape index (κ2) is 11.6. The summed E-state index contributed by atoms with van der Waals surface area (Å²) in [5, 5.41) is 6.76. The molecule has 0 amide bonds. The van der Waals surface area contributed by atoms with Gasteiger partial charge in [0, 0.05) is 32.2 Å². The van der Waals surface area contributed by atoms with Crippen LogP contribution >= 0.6 is 0 Å². The van der Waals surface area contributed by atoms with Crippen LogP contribution in [-0.4, -0.2) is 38.9 Å². The summed E-state index contributed by atoms with van der Waals surface area (Å²) >= 11 is 0. The maximum Gasteiger partial charge on any atom is 0.191 e. The summed E-state index contributed by atoms with van der Waals surface area (Å²) < 4.78 is 17.0. The molecule has 0 radical (unpaired) electrons. The first kappa shape index (κ1) is 22.1. The lowest BCUT2D eigenvalue weighted by Crippen LogP contribution is -2.37. The van der Waals surface area contributed by atoms with Crippen molar-refractivity contribution in [1.29, 1.82) is 0 Å². The first-order chi connectivity index (χ1) is 14.7. The molecule has 1 fully saturated rings. The van der Waals surface area contributed by atoms with Crippen LogP contribution in [0.4, 0.5) is 0 Å². The highest BCUT2D eigenvalue weighted by Crippen LogP contribution is 2.24. The number of hydrogen-bond acceptors (Lipinski definition) is 4. The van der Waals surface area contributed by atoms with E-state index in [1.807, 2.05) is 12.1 Å². The third-order valence-corrected chi connectivity index (χ3v) is 5.02. The van der Waals surface area contributed by atoms with Gasteiger partial charge in [0.05, 0.1) is 26.4 Å². The summed E-state index contributed by atoms with van der Waals surface area (Å²) in [5.41, 5.74) is 4.63. The number of rotatable bonds is 9. The summed E-state index contributed by atoms with van der Waals surface area (Å²) in [4.78, 5) is 4.79. The van der Waals surface area contributed by atoms with Crippen molar-refractivity contribution in [3.63, 3.8) is 0 Å². The average molecular weight is 412 g/mol. The minimum absolute atomic E-state index is 0.123. The Labute approximate surface area is 179 Å². The molecule has 30 heavy (non-hydrogen) atoms. The molecule has 1 aliphatic rings. The molecular weight excluding hydrogens is 378 g/mol. The quantitative estimate of drug-likeness (QED) is 0.488. The van der Waals surface area contributed by atoms with E-state index >= 15 is 0 Å². The van der Waals surface area contributed by atoms with Gasteiger partial charge in [0.25, 0.3) is 0 Å². The molecule has 0 saturated carbocycles. The van der Waals surface area contributed by atoms with E-state index in [1.54, 1.807) is 7.11 Å². The molecule has 6 heteroatoms. The maximum atomic E-state index is 6.20. The lowest BCUT2D eigenvalue weighted by Gasteiger charge is -2.17. The molecule has 3 rings (SSSR count). The van der Waals surface area contributed by atoms with Crippen LogP contribution in [0.15, 0.2) is 47.5 Å². The molecule has 0 aromatic heterocycles. The van der Waals surface area contributed by atoms with Gasteiger partial charge >= 0.3 is 0 Å². The lowest BCUT2D eigenvalue weighted by atomic mass is 10.1. The second-order valence-electron chi connectivity index (χ2n) is 7.47. The first-order valence-electron chi connectivity index (χ1n) is 10.6. The second-order valence-corrected chi connectivity index (χ2v) is 7.47. The highest BCUT2D eigenvalue weighted by Gasteiger charge is 2.18. The molecule has 2 aromatic carbocycles. The Hall–Kier alpha value is -2.57. The minimum atomic E-state index is 0.123. The fraction of sp³-hybridized carbons (Fsp3) is 0.458. The van der Waals surface area contributed by atoms with Gasteiger partial charge in [-0.2, -0.15) is 0 Å². The number of hydrogen-bond donors (Lipinski definition) is 2. The van der Waals surface area contributed by atoms with Crippen LogP contribution in [0.5, 0.6) is 5.75 Å². The monoisotopic (exact) mass is 411 g/mol. The van der Waals surface area contributed by atoms with E-state index in [9.17, 15) is 0 Å². The lowest BCUT2D eigenvalue weighted by molar-refractivity contribution is 0.140. The van der Waals surface area contributed by atoms with Gasteiger partial charge in [0.1, 0.15) is 11.9 Å². The average Bonchev–Trinajstić information content (AvgIpc) is 3.25. The SMILES string of the molecule is CCNC(=NCc1ccc(C)cc1OC1CCOC1)NCc1ccccc1COC. The number of methoxy groups -OCH3 is 1. The van der Waals surface area contributed by atoms with E-state index in [0.29, 0.717) is 26.3 Å². The summed E-state index contributed by atoms with van der Waals surface area (Å²) in [5.74, 6) is 1.68. The van der Waals surface area contributed by atoms with Gasteiger partial charge in [-0.25, -0.2) is 4.99 Å². The van der Waals surface area contributed by atoms with Crippen LogP contribution in [0, 0.1) is 6.92 Å². The minimum Gasteiger partial charge on any atom is -0.488 e. The van der Waals surface area contributed by atoms with E-state index in [0.717, 1.165) is 36.8 Å². The van der Waals surface area contributed by atoms with E-state index in [1.165, 1.54) is 16.7 Å². The predicted molar refractivity (Wildman–Crippen MR) is 120 cm³/mol. The van der Waals surface area contributed by atoms with E-state index in [4.69, 9.17) is 19.2 Å². The van der Waals surface area contributed by atoms with Crippen molar-refractivity contribution in [2.75, 3.05) is 26.9 Å². The van der Waals surface area contributed by atoms with Crippen LogP contribution in [0.1, 0.15) is 35.6 Å². The molecule has 162 valence electrons. The molecule has 0 aliphatic carbocycles.